The van der Waals surface area contributed by atoms with Gasteiger partial charge in [-0.3, -0.25) is 14.4 Å². The van der Waals surface area contributed by atoms with E-state index in [4.69, 9.17) is 11.6 Å². The fourth-order valence-electron chi connectivity index (χ4n) is 2.63. The predicted molar refractivity (Wildman–Crippen MR) is 113 cm³/mol. The van der Waals surface area contributed by atoms with E-state index in [9.17, 15) is 22.8 Å². The van der Waals surface area contributed by atoms with E-state index in [0.29, 0.717) is 22.0 Å². The zero-order chi connectivity index (χ0) is 21.6. The van der Waals surface area contributed by atoms with Crippen LogP contribution in [0.5, 0.6) is 0 Å². The Bertz CT molecular complexity index is 1000. The van der Waals surface area contributed by atoms with Gasteiger partial charge in [-0.15, -0.1) is 0 Å². The highest BCUT2D eigenvalue weighted by Gasteiger charge is 2.33. The molecule has 0 fully saturated rings. The molecule has 1 unspecified atom stereocenters. The van der Waals surface area contributed by atoms with Crippen LogP contribution in [0.1, 0.15) is 30.6 Å². The number of benzene rings is 2. The Morgan fingerprint density at radius 2 is 1.45 bits per heavy atom. The van der Waals surface area contributed by atoms with E-state index in [2.05, 4.69) is 10.6 Å². The van der Waals surface area contributed by atoms with Gasteiger partial charge >= 0.3 is 0 Å². The maximum absolute atomic E-state index is 12.6. The van der Waals surface area contributed by atoms with Crippen molar-refractivity contribution in [3.05, 3.63) is 59.1 Å². The molecule has 2 aromatic rings. The molecule has 0 aliphatic rings. The Morgan fingerprint density at radius 3 is 1.97 bits per heavy atom. The average molecular weight is 437 g/mol. The van der Waals surface area contributed by atoms with Crippen molar-refractivity contribution in [2.75, 3.05) is 16.4 Å². The molecule has 2 N–H and O–H groups in total. The summed E-state index contributed by atoms with van der Waals surface area (Å²) in [5.41, 5.74) is 1.23. The van der Waals surface area contributed by atoms with Crippen LogP contribution in [0.15, 0.2) is 48.5 Å². The number of Topliss-reactive ketones (excluding diaryl/α,β-unsaturated/α-hetero) is 1. The van der Waals surface area contributed by atoms with Gasteiger partial charge in [0.15, 0.2) is 15.6 Å². The SMILES string of the molecule is CCC(C(=O)Nc1ccc(C(C)=O)cc1)S(=O)(=O)CC(=O)Nc1ccc(Cl)cc1. The van der Waals surface area contributed by atoms with Gasteiger partial charge in [0, 0.05) is 22.0 Å². The Balaban J connectivity index is 2.05. The standard InChI is InChI=1S/C20H21ClN2O5S/c1-3-18(20(26)23-17-8-4-14(5-9-17)13(2)24)29(27,28)12-19(25)22-16-10-6-15(21)7-11-16/h4-11,18H,3,12H2,1-2H3,(H,22,25)(H,23,26). The lowest BCUT2D eigenvalue weighted by Gasteiger charge is -2.16. The molecule has 2 rings (SSSR count). The van der Waals surface area contributed by atoms with Gasteiger partial charge in [0.2, 0.25) is 11.8 Å². The number of hydrogen-bond acceptors (Lipinski definition) is 5. The Kier molecular flexibility index (Phi) is 7.53. The lowest BCUT2D eigenvalue weighted by atomic mass is 10.1. The van der Waals surface area contributed by atoms with Crippen LogP contribution in [-0.2, 0) is 19.4 Å². The monoisotopic (exact) mass is 436 g/mol. The van der Waals surface area contributed by atoms with Crippen molar-refractivity contribution in [2.24, 2.45) is 0 Å². The van der Waals surface area contributed by atoms with Gasteiger partial charge in [-0.05, 0) is 61.9 Å². The number of anilines is 2. The first-order valence-corrected chi connectivity index (χ1v) is 10.9. The van der Waals surface area contributed by atoms with Crippen LogP contribution in [-0.4, -0.2) is 37.0 Å². The predicted octanol–water partition coefficient (Wildman–Crippen LogP) is 3.31. The van der Waals surface area contributed by atoms with Gasteiger partial charge in [0.25, 0.3) is 0 Å². The largest absolute Gasteiger partial charge is 0.325 e. The van der Waals surface area contributed by atoms with E-state index in [1.807, 2.05) is 0 Å². The molecule has 0 heterocycles. The summed E-state index contributed by atoms with van der Waals surface area (Å²) in [5.74, 6) is -2.43. The van der Waals surface area contributed by atoms with E-state index in [1.54, 1.807) is 31.2 Å². The molecule has 0 aliphatic heterocycles. The summed E-state index contributed by atoms with van der Waals surface area (Å²) in [7, 11) is -4.05. The quantitative estimate of drug-likeness (QED) is 0.617. The minimum atomic E-state index is -4.05. The van der Waals surface area contributed by atoms with Crippen LogP contribution in [0.25, 0.3) is 0 Å². The van der Waals surface area contributed by atoms with Gasteiger partial charge < -0.3 is 10.6 Å². The van der Waals surface area contributed by atoms with Gasteiger partial charge in [0.1, 0.15) is 11.0 Å². The summed E-state index contributed by atoms with van der Waals surface area (Å²) in [6.45, 7) is 2.97. The molecule has 154 valence electrons. The average Bonchev–Trinajstić information content (AvgIpc) is 2.63. The Hall–Kier alpha value is -2.71. The number of nitrogens with one attached hydrogen (secondary N) is 2. The number of carbonyl (C=O) groups excluding carboxylic acids is 3. The van der Waals surface area contributed by atoms with E-state index < -0.39 is 32.7 Å². The third-order valence-corrected chi connectivity index (χ3v) is 6.45. The van der Waals surface area contributed by atoms with E-state index in [-0.39, 0.29) is 12.2 Å². The molecule has 29 heavy (non-hydrogen) atoms. The first kappa shape index (κ1) is 22.6. The van der Waals surface area contributed by atoms with Gasteiger partial charge in [0.05, 0.1) is 0 Å². The first-order valence-electron chi connectivity index (χ1n) is 8.81. The maximum Gasteiger partial charge on any atom is 0.242 e. The molecular formula is C20H21ClN2O5S. The highest BCUT2D eigenvalue weighted by Crippen LogP contribution is 2.16. The van der Waals surface area contributed by atoms with E-state index in [1.165, 1.54) is 31.2 Å². The van der Waals surface area contributed by atoms with Crippen molar-refractivity contribution < 1.29 is 22.8 Å². The summed E-state index contributed by atoms with van der Waals surface area (Å²) < 4.78 is 25.2. The zero-order valence-corrected chi connectivity index (χ0v) is 17.5. The molecule has 2 amide bonds. The summed E-state index contributed by atoms with van der Waals surface area (Å²) >= 11 is 5.77. The number of ketones is 1. The lowest BCUT2D eigenvalue weighted by Crippen LogP contribution is -2.39. The Labute approximate surface area is 174 Å². The van der Waals surface area contributed by atoms with Crippen molar-refractivity contribution >= 4 is 50.4 Å². The molecule has 1 atom stereocenters. The molecule has 0 bridgehead atoms. The van der Waals surface area contributed by atoms with Crippen LogP contribution in [0.2, 0.25) is 5.02 Å². The van der Waals surface area contributed by atoms with Crippen LogP contribution >= 0.6 is 11.6 Å². The van der Waals surface area contributed by atoms with Crippen LogP contribution < -0.4 is 10.6 Å². The highest BCUT2D eigenvalue weighted by atomic mass is 35.5. The maximum atomic E-state index is 12.6. The third kappa shape index (κ3) is 6.40. The summed E-state index contributed by atoms with van der Waals surface area (Å²) in [4.78, 5) is 35.9. The summed E-state index contributed by atoms with van der Waals surface area (Å²) in [6, 6.07) is 12.3. The van der Waals surface area contributed by atoms with Crippen LogP contribution in [0, 0.1) is 0 Å². The topological polar surface area (TPSA) is 109 Å². The highest BCUT2D eigenvalue weighted by molar-refractivity contribution is 7.93. The molecule has 0 aliphatic carbocycles. The molecule has 9 heteroatoms. The van der Waals surface area contributed by atoms with Crippen LogP contribution in [0.4, 0.5) is 11.4 Å². The van der Waals surface area contributed by atoms with E-state index >= 15 is 0 Å². The first-order chi connectivity index (χ1) is 13.6. The second-order valence-corrected chi connectivity index (χ2v) is 9.00. The molecule has 7 nitrogen and oxygen atoms in total. The number of halogens is 1. The minimum absolute atomic E-state index is 0.00786. The number of carbonyl (C=O) groups is 3. The smallest absolute Gasteiger partial charge is 0.242 e. The van der Waals surface area contributed by atoms with Crippen molar-refractivity contribution in [2.45, 2.75) is 25.5 Å². The molecule has 0 aromatic heterocycles. The number of amides is 2. The molecule has 0 saturated heterocycles. The van der Waals surface area contributed by atoms with Crippen molar-refractivity contribution in [3.63, 3.8) is 0 Å². The van der Waals surface area contributed by atoms with Gasteiger partial charge in [-0.1, -0.05) is 18.5 Å². The minimum Gasteiger partial charge on any atom is -0.325 e. The summed E-state index contributed by atoms with van der Waals surface area (Å²) in [6.07, 6.45) is 0.00786. The second-order valence-electron chi connectivity index (χ2n) is 6.38. The van der Waals surface area contributed by atoms with Gasteiger partial charge in [-0.2, -0.15) is 0 Å². The van der Waals surface area contributed by atoms with Gasteiger partial charge in [-0.25, -0.2) is 8.42 Å². The molecule has 0 radical (unpaired) electrons. The molecule has 0 spiro atoms. The normalized spacial score (nSPS) is 12.1. The van der Waals surface area contributed by atoms with Crippen LogP contribution in [0.3, 0.4) is 0 Å². The number of sulfone groups is 1. The third-order valence-electron chi connectivity index (χ3n) is 4.12. The van der Waals surface area contributed by atoms with Crippen molar-refractivity contribution in [1.82, 2.24) is 0 Å². The Morgan fingerprint density at radius 1 is 0.931 bits per heavy atom. The summed E-state index contributed by atoms with van der Waals surface area (Å²) in [5, 5.41) is 4.09. The second kappa shape index (κ2) is 9.67. The number of rotatable bonds is 8. The number of hydrogen-bond donors (Lipinski definition) is 2. The molecule has 2 aromatic carbocycles. The van der Waals surface area contributed by atoms with Crippen molar-refractivity contribution in [3.8, 4) is 0 Å². The zero-order valence-electron chi connectivity index (χ0n) is 15.9. The molecule has 0 saturated carbocycles. The fourth-order valence-corrected chi connectivity index (χ4v) is 4.28. The fraction of sp³-hybridized carbons (Fsp3) is 0.250. The van der Waals surface area contributed by atoms with E-state index in [0.717, 1.165) is 0 Å². The molecular weight excluding hydrogens is 416 g/mol. The van der Waals surface area contributed by atoms with Crippen molar-refractivity contribution in [1.29, 1.82) is 0 Å². The lowest BCUT2D eigenvalue weighted by molar-refractivity contribution is -0.115.